The highest BCUT2D eigenvalue weighted by Gasteiger charge is 2.18. The Labute approximate surface area is 142 Å². The number of hydrogen-bond acceptors (Lipinski definition) is 7. The first-order valence-corrected chi connectivity index (χ1v) is 7.97. The van der Waals surface area contributed by atoms with Gasteiger partial charge in [0.15, 0.2) is 5.69 Å². The van der Waals surface area contributed by atoms with E-state index in [1.54, 1.807) is 25.4 Å². The predicted octanol–water partition coefficient (Wildman–Crippen LogP) is 3.25. The molecule has 0 aliphatic heterocycles. The summed E-state index contributed by atoms with van der Waals surface area (Å²) < 4.78 is 0. The van der Waals surface area contributed by atoms with Crippen LogP contribution < -0.4 is 10.6 Å². The summed E-state index contributed by atoms with van der Waals surface area (Å²) in [6.07, 6.45) is 3.34. The number of anilines is 3. The molecule has 0 unspecified atom stereocenters. The summed E-state index contributed by atoms with van der Waals surface area (Å²) in [5.74, 6) is 0.0630. The first-order valence-electron chi connectivity index (χ1n) is 7.15. The Balaban J connectivity index is 1.83. The lowest BCUT2D eigenvalue weighted by molar-refractivity contribution is 0.102. The summed E-state index contributed by atoms with van der Waals surface area (Å²) in [5.41, 5.74) is 1.50. The van der Waals surface area contributed by atoms with Gasteiger partial charge in [-0.15, -0.1) is 11.3 Å². The van der Waals surface area contributed by atoms with Crippen LogP contribution in [0.4, 0.5) is 16.5 Å². The van der Waals surface area contributed by atoms with Crippen molar-refractivity contribution in [3.63, 3.8) is 0 Å². The number of aryl methyl sites for hydroxylation is 2. The second-order valence-electron chi connectivity index (χ2n) is 5.03. The maximum absolute atomic E-state index is 12.5. The zero-order valence-corrected chi connectivity index (χ0v) is 13.9. The smallest absolute Gasteiger partial charge is 0.278 e. The van der Waals surface area contributed by atoms with E-state index in [4.69, 9.17) is 0 Å². The van der Waals surface area contributed by atoms with E-state index in [9.17, 15) is 9.90 Å². The molecule has 0 aliphatic rings. The molecule has 1 amide bonds. The maximum atomic E-state index is 12.5. The number of nitrogens with zero attached hydrogens (tertiary/aromatic N) is 3. The van der Waals surface area contributed by atoms with E-state index in [0.717, 1.165) is 10.7 Å². The Hall–Kier alpha value is -3.00. The minimum Gasteiger partial charge on any atom is -0.506 e. The molecule has 3 aromatic rings. The van der Waals surface area contributed by atoms with E-state index in [0.29, 0.717) is 16.5 Å². The van der Waals surface area contributed by atoms with Gasteiger partial charge in [-0.1, -0.05) is 0 Å². The van der Waals surface area contributed by atoms with Gasteiger partial charge in [-0.3, -0.25) is 9.78 Å². The topological polar surface area (TPSA) is 100 Å². The van der Waals surface area contributed by atoms with Gasteiger partial charge in [0.1, 0.15) is 16.6 Å². The second kappa shape index (κ2) is 6.63. The highest BCUT2D eigenvalue weighted by atomic mass is 32.1. The van der Waals surface area contributed by atoms with Crippen LogP contribution in [0.15, 0.2) is 36.7 Å². The molecule has 0 radical (unpaired) electrons. The fourth-order valence-electron chi connectivity index (χ4n) is 2.03. The van der Waals surface area contributed by atoms with Crippen LogP contribution in [0, 0.1) is 13.8 Å². The van der Waals surface area contributed by atoms with Gasteiger partial charge < -0.3 is 15.7 Å². The van der Waals surface area contributed by atoms with Crippen molar-refractivity contribution in [2.45, 2.75) is 13.8 Å². The van der Waals surface area contributed by atoms with Gasteiger partial charge in [0.2, 0.25) is 0 Å². The van der Waals surface area contributed by atoms with Crippen molar-refractivity contribution in [1.29, 1.82) is 0 Å². The molecule has 0 saturated carbocycles. The third-order valence-corrected chi connectivity index (χ3v) is 4.05. The summed E-state index contributed by atoms with van der Waals surface area (Å²) in [5, 5.41) is 16.7. The van der Waals surface area contributed by atoms with E-state index in [1.807, 2.05) is 13.0 Å². The molecule has 3 heterocycles. The highest BCUT2D eigenvalue weighted by Crippen LogP contribution is 2.28. The van der Waals surface area contributed by atoms with Crippen LogP contribution in [-0.2, 0) is 0 Å². The number of pyridine rings is 2. The summed E-state index contributed by atoms with van der Waals surface area (Å²) in [6.45, 7) is 3.49. The molecule has 8 heteroatoms. The number of hydrogen-bond donors (Lipinski definition) is 3. The zero-order chi connectivity index (χ0) is 17.1. The van der Waals surface area contributed by atoms with Crippen LogP contribution in [0.1, 0.15) is 21.2 Å². The molecule has 3 rings (SSSR count). The second-order valence-corrected chi connectivity index (χ2v) is 6.24. The fourth-order valence-corrected chi connectivity index (χ4v) is 2.87. The van der Waals surface area contributed by atoms with E-state index >= 15 is 0 Å². The third-order valence-electron chi connectivity index (χ3n) is 3.17. The summed E-state index contributed by atoms with van der Waals surface area (Å²) in [4.78, 5) is 25.0. The molecule has 3 N–H and O–H groups in total. The minimum absolute atomic E-state index is 0.0800. The Morgan fingerprint density at radius 2 is 2.04 bits per heavy atom. The van der Waals surface area contributed by atoms with Crippen molar-refractivity contribution in [3.8, 4) is 5.75 Å². The number of aromatic hydroxyl groups is 1. The largest absolute Gasteiger partial charge is 0.506 e. The van der Waals surface area contributed by atoms with Crippen molar-refractivity contribution in [2.75, 3.05) is 10.6 Å². The molecule has 0 saturated heterocycles. The minimum atomic E-state index is -0.372. The van der Waals surface area contributed by atoms with Gasteiger partial charge in [-0.25, -0.2) is 9.97 Å². The van der Waals surface area contributed by atoms with E-state index < -0.39 is 0 Å². The lowest BCUT2D eigenvalue weighted by atomic mass is 10.3. The summed E-state index contributed by atoms with van der Waals surface area (Å²) >= 11 is 1.38. The summed E-state index contributed by atoms with van der Waals surface area (Å²) in [6, 6.07) is 6.68. The predicted molar refractivity (Wildman–Crippen MR) is 93.0 cm³/mol. The van der Waals surface area contributed by atoms with Gasteiger partial charge in [-0.2, -0.15) is 0 Å². The Morgan fingerprint density at radius 1 is 1.21 bits per heavy atom. The molecule has 122 valence electrons. The Bertz CT molecular complexity index is 879. The normalized spacial score (nSPS) is 10.4. The zero-order valence-electron chi connectivity index (χ0n) is 13.1. The number of aromatic nitrogens is 3. The number of rotatable bonds is 4. The fraction of sp³-hybridized carbons (Fsp3) is 0.125. The quantitative estimate of drug-likeness (QED) is 0.673. The first kappa shape index (κ1) is 15.9. The number of amides is 1. The van der Waals surface area contributed by atoms with Crippen LogP contribution in [0.25, 0.3) is 0 Å². The van der Waals surface area contributed by atoms with Gasteiger partial charge in [0.05, 0.1) is 22.6 Å². The van der Waals surface area contributed by atoms with E-state index in [2.05, 4.69) is 25.6 Å². The highest BCUT2D eigenvalue weighted by molar-refractivity contribution is 7.16. The molecule has 0 aromatic carbocycles. The van der Waals surface area contributed by atoms with Gasteiger partial charge >= 0.3 is 0 Å². The number of thiazole rings is 1. The van der Waals surface area contributed by atoms with Crippen LogP contribution in [0.5, 0.6) is 5.75 Å². The van der Waals surface area contributed by atoms with Crippen molar-refractivity contribution in [3.05, 3.63) is 53.1 Å². The molecule has 3 aromatic heterocycles. The van der Waals surface area contributed by atoms with Crippen LogP contribution in [0.2, 0.25) is 0 Å². The van der Waals surface area contributed by atoms with Crippen LogP contribution in [0.3, 0.4) is 0 Å². The lowest BCUT2D eigenvalue weighted by Gasteiger charge is -2.07. The molecule has 7 nitrogen and oxygen atoms in total. The number of nitrogens with one attached hydrogen (secondary N) is 2. The number of carbonyl (C=O) groups is 1. The van der Waals surface area contributed by atoms with Gasteiger partial charge in [-0.05, 0) is 38.1 Å². The molecule has 24 heavy (non-hydrogen) atoms. The first-order chi connectivity index (χ1) is 11.5. The third kappa shape index (κ3) is 3.49. The summed E-state index contributed by atoms with van der Waals surface area (Å²) in [7, 11) is 0. The molecule has 0 spiro atoms. The van der Waals surface area contributed by atoms with Crippen molar-refractivity contribution in [2.24, 2.45) is 0 Å². The Morgan fingerprint density at radius 3 is 2.75 bits per heavy atom. The van der Waals surface area contributed by atoms with Crippen molar-refractivity contribution >= 4 is 33.8 Å². The average Bonchev–Trinajstić information content (AvgIpc) is 2.92. The number of carbonyl (C=O) groups excluding carboxylic acids is 1. The van der Waals surface area contributed by atoms with Gasteiger partial charge in [0.25, 0.3) is 5.91 Å². The SMILES string of the molecule is Cc1nc(C(=O)Nc2ccc(O)c(C)n2)c(Nc2cccnc2)s1. The molecule has 0 fully saturated rings. The molecule has 0 aliphatic carbocycles. The van der Waals surface area contributed by atoms with Crippen LogP contribution >= 0.6 is 11.3 Å². The van der Waals surface area contributed by atoms with E-state index in [-0.39, 0.29) is 17.4 Å². The molecule has 0 atom stereocenters. The monoisotopic (exact) mass is 341 g/mol. The molecular formula is C16H15N5O2S. The lowest BCUT2D eigenvalue weighted by Crippen LogP contribution is -2.15. The average molecular weight is 341 g/mol. The Kier molecular flexibility index (Phi) is 4.39. The maximum Gasteiger partial charge on any atom is 0.278 e. The molecular weight excluding hydrogens is 326 g/mol. The van der Waals surface area contributed by atoms with E-state index in [1.165, 1.54) is 23.5 Å². The van der Waals surface area contributed by atoms with Crippen molar-refractivity contribution < 1.29 is 9.90 Å². The van der Waals surface area contributed by atoms with Crippen LogP contribution in [-0.4, -0.2) is 26.0 Å². The van der Waals surface area contributed by atoms with Gasteiger partial charge in [0, 0.05) is 6.20 Å². The van der Waals surface area contributed by atoms with Crippen molar-refractivity contribution in [1.82, 2.24) is 15.0 Å². The standard InChI is InChI=1S/C16H15N5O2S/c1-9-12(22)5-6-13(18-9)21-15(23)14-16(24-10(2)19-14)20-11-4-3-7-17-8-11/h3-8,20,22H,1-2H3,(H,18,21,23). The molecule has 0 bridgehead atoms.